The third kappa shape index (κ3) is 4.47. The van der Waals surface area contributed by atoms with Crippen molar-refractivity contribution >= 4 is 14.5 Å². The molecular formula is C9H19AlO2. The molecule has 1 aliphatic heterocycles. The Labute approximate surface area is 79.9 Å². The summed E-state index contributed by atoms with van der Waals surface area (Å²) in [6.07, 6.45) is 4.09. The van der Waals surface area contributed by atoms with E-state index in [1.807, 2.05) is 20.8 Å². The van der Waals surface area contributed by atoms with Crippen LogP contribution in [0.1, 0.15) is 40.0 Å². The molecule has 0 aromatic carbocycles. The third-order valence-corrected chi connectivity index (χ3v) is 4.46. The van der Waals surface area contributed by atoms with Crippen molar-refractivity contribution in [2.45, 2.75) is 56.2 Å². The van der Waals surface area contributed by atoms with E-state index in [0.717, 1.165) is 0 Å². The molecule has 0 amide bonds. The average molecular weight is 186 g/mol. The van der Waals surface area contributed by atoms with Crippen LogP contribution in [-0.4, -0.2) is 20.1 Å². The van der Waals surface area contributed by atoms with E-state index < -0.39 is 14.5 Å². The summed E-state index contributed by atoms with van der Waals surface area (Å²) in [6, 6.07) is 0. The summed E-state index contributed by atoms with van der Waals surface area (Å²) in [7, 11) is 0. The molecule has 0 unspecified atom stereocenters. The van der Waals surface area contributed by atoms with Crippen LogP contribution in [0.15, 0.2) is 0 Å². The Morgan fingerprint density at radius 3 is 2.08 bits per heavy atom. The van der Waals surface area contributed by atoms with Gasteiger partial charge in [-0.3, -0.25) is 4.89 Å². The van der Waals surface area contributed by atoms with E-state index in [4.69, 9.17) is 8.83 Å². The van der Waals surface area contributed by atoms with Crippen LogP contribution in [0.3, 0.4) is 0 Å². The molecule has 0 saturated carbocycles. The number of hydrogen-bond donors (Lipinski definition) is 0. The van der Waals surface area contributed by atoms with Crippen LogP contribution >= 0.6 is 0 Å². The molecule has 0 aromatic heterocycles. The van der Waals surface area contributed by atoms with Crippen LogP contribution in [0, 0.1) is 0 Å². The molecule has 70 valence electrons. The molecule has 0 aromatic rings. The van der Waals surface area contributed by atoms with E-state index in [-0.39, 0.29) is 5.60 Å². The molecule has 0 aliphatic carbocycles. The first kappa shape index (κ1) is 10.5. The standard InChI is InChI=1S/C5H10.C4H10O2.Al/c1-3-5-4-2;1-4(2,3)6-5;/h1-5H2;5H,1-3H3;/q;;+1/p-1. The highest BCUT2D eigenvalue weighted by Gasteiger charge is 2.27. The lowest BCUT2D eigenvalue weighted by Gasteiger charge is -2.23. The Morgan fingerprint density at radius 1 is 1.00 bits per heavy atom. The second-order valence-electron chi connectivity index (χ2n) is 4.55. The SMILES string of the molecule is CC(C)(C)O[O][Al]1[CH2]CCC[CH2]1. The Balaban J connectivity index is 2.13. The van der Waals surface area contributed by atoms with Crippen molar-refractivity contribution in [3.05, 3.63) is 0 Å². The van der Waals surface area contributed by atoms with Crippen molar-refractivity contribution in [2.75, 3.05) is 0 Å². The molecule has 1 aliphatic rings. The fraction of sp³-hybridized carbons (Fsp3) is 1.00. The Morgan fingerprint density at radius 2 is 1.58 bits per heavy atom. The lowest BCUT2D eigenvalue weighted by Crippen LogP contribution is -2.28. The first-order chi connectivity index (χ1) is 5.58. The summed E-state index contributed by atoms with van der Waals surface area (Å²) in [5, 5.41) is 2.60. The molecule has 0 N–H and O–H groups in total. The van der Waals surface area contributed by atoms with Gasteiger partial charge in [0.15, 0.2) is 0 Å². The van der Waals surface area contributed by atoms with Crippen molar-refractivity contribution in [3.8, 4) is 0 Å². The van der Waals surface area contributed by atoms with Gasteiger partial charge in [0, 0.05) is 0 Å². The zero-order valence-corrected chi connectivity index (χ0v) is 9.58. The summed E-state index contributed by atoms with van der Waals surface area (Å²) in [6.45, 7) is 6.10. The second-order valence-corrected chi connectivity index (χ2v) is 7.14. The van der Waals surface area contributed by atoms with Gasteiger partial charge in [-0.2, -0.15) is 0 Å². The van der Waals surface area contributed by atoms with E-state index in [1.54, 1.807) is 0 Å². The Kier molecular flexibility index (Phi) is 4.06. The van der Waals surface area contributed by atoms with E-state index in [1.165, 1.54) is 29.8 Å². The second kappa shape index (κ2) is 4.62. The molecule has 0 spiro atoms. The van der Waals surface area contributed by atoms with E-state index >= 15 is 0 Å². The molecule has 1 rings (SSSR count). The quantitative estimate of drug-likeness (QED) is 0.375. The minimum absolute atomic E-state index is 0.134. The van der Waals surface area contributed by atoms with E-state index in [0.29, 0.717) is 0 Å². The van der Waals surface area contributed by atoms with Gasteiger partial charge in [-0.25, -0.2) is 0 Å². The minimum Gasteiger partial charge on any atom is -0.371 e. The smallest absolute Gasteiger partial charge is 0.371 e. The van der Waals surface area contributed by atoms with Crippen LogP contribution in [0.25, 0.3) is 0 Å². The largest absolute Gasteiger partial charge is 0.510 e. The maximum absolute atomic E-state index is 5.49. The maximum Gasteiger partial charge on any atom is 0.510 e. The highest BCUT2D eigenvalue weighted by Crippen LogP contribution is 2.21. The van der Waals surface area contributed by atoms with Crippen LogP contribution < -0.4 is 0 Å². The van der Waals surface area contributed by atoms with Gasteiger partial charge in [-0.15, -0.1) is 0 Å². The lowest BCUT2D eigenvalue weighted by atomic mass is 10.2. The van der Waals surface area contributed by atoms with Gasteiger partial charge >= 0.3 is 14.5 Å². The summed E-state index contributed by atoms with van der Waals surface area (Å²) in [4.78, 5) is 5.33. The summed E-state index contributed by atoms with van der Waals surface area (Å²) in [5.74, 6) is 0. The van der Waals surface area contributed by atoms with Crippen molar-refractivity contribution in [3.63, 3.8) is 0 Å². The van der Waals surface area contributed by atoms with E-state index in [9.17, 15) is 0 Å². The molecule has 0 bridgehead atoms. The molecule has 2 nitrogen and oxygen atoms in total. The summed E-state index contributed by atoms with van der Waals surface area (Å²) in [5.41, 5.74) is -0.134. The van der Waals surface area contributed by atoms with Gasteiger partial charge in [0.2, 0.25) is 0 Å². The first-order valence-corrected chi connectivity index (χ1v) is 7.03. The third-order valence-electron chi connectivity index (χ3n) is 1.99. The van der Waals surface area contributed by atoms with Gasteiger partial charge < -0.3 is 3.94 Å². The zero-order valence-electron chi connectivity index (χ0n) is 8.43. The summed E-state index contributed by atoms with van der Waals surface area (Å²) >= 11 is -0.948. The fourth-order valence-corrected chi connectivity index (χ4v) is 3.77. The van der Waals surface area contributed by atoms with Crippen molar-refractivity contribution in [1.29, 1.82) is 0 Å². The van der Waals surface area contributed by atoms with Crippen molar-refractivity contribution in [2.24, 2.45) is 0 Å². The van der Waals surface area contributed by atoms with Crippen molar-refractivity contribution in [1.82, 2.24) is 0 Å². The normalized spacial score (nSPS) is 19.8. The fourth-order valence-electron chi connectivity index (χ4n) is 1.37. The molecule has 0 atom stereocenters. The van der Waals surface area contributed by atoms with Crippen molar-refractivity contribution < 1.29 is 8.83 Å². The van der Waals surface area contributed by atoms with Gasteiger partial charge in [0.05, 0.1) is 5.60 Å². The predicted octanol–water partition coefficient (Wildman–Crippen LogP) is 2.91. The van der Waals surface area contributed by atoms with Gasteiger partial charge in [0.1, 0.15) is 0 Å². The van der Waals surface area contributed by atoms with Crippen LogP contribution in [0.4, 0.5) is 0 Å². The highest BCUT2D eigenvalue weighted by molar-refractivity contribution is 6.51. The number of rotatable bonds is 2. The van der Waals surface area contributed by atoms with E-state index in [2.05, 4.69) is 0 Å². The molecule has 0 radical (unpaired) electrons. The van der Waals surface area contributed by atoms with Gasteiger partial charge in [0.25, 0.3) is 0 Å². The molecule has 12 heavy (non-hydrogen) atoms. The first-order valence-electron chi connectivity index (χ1n) is 4.92. The highest BCUT2D eigenvalue weighted by atomic mass is 27.2. The van der Waals surface area contributed by atoms with Gasteiger partial charge in [-0.05, 0) is 20.8 Å². The summed E-state index contributed by atoms with van der Waals surface area (Å²) < 4.78 is 5.49. The number of hydrogen-bond acceptors (Lipinski definition) is 2. The topological polar surface area (TPSA) is 18.5 Å². The molecule has 1 saturated heterocycles. The van der Waals surface area contributed by atoms with Gasteiger partial charge in [-0.1, -0.05) is 29.8 Å². The van der Waals surface area contributed by atoms with Crippen LogP contribution in [-0.2, 0) is 8.83 Å². The molecule has 3 heteroatoms. The maximum atomic E-state index is 5.49. The molecule has 1 fully saturated rings. The minimum atomic E-state index is -0.948. The van der Waals surface area contributed by atoms with Crippen LogP contribution in [0.2, 0.25) is 10.6 Å². The monoisotopic (exact) mass is 186 g/mol. The Bertz CT molecular complexity index is 125. The Hall–Kier alpha value is 0.452. The predicted molar refractivity (Wildman–Crippen MR) is 51.1 cm³/mol. The van der Waals surface area contributed by atoms with Crippen LogP contribution in [0.5, 0.6) is 0 Å². The average Bonchev–Trinajstić information content (AvgIpc) is 2.02. The molecule has 1 heterocycles. The lowest BCUT2D eigenvalue weighted by molar-refractivity contribution is -0.281. The molecular weight excluding hydrogens is 167 g/mol. The zero-order chi connectivity index (χ0) is 9.03.